The lowest BCUT2D eigenvalue weighted by Crippen LogP contribution is -2.30. The minimum atomic E-state index is -0.760. The van der Waals surface area contributed by atoms with E-state index in [2.05, 4.69) is 20.8 Å². The van der Waals surface area contributed by atoms with Gasteiger partial charge in [-0.1, -0.05) is 323 Å². The minimum Gasteiger partial charge on any atom is -0.462 e. The van der Waals surface area contributed by atoms with Crippen LogP contribution in [0.15, 0.2) is 0 Å². The molecule has 0 amide bonds. The molecule has 0 bridgehead atoms. The maximum absolute atomic E-state index is 12.8. The SMILES string of the molecule is CCCCCCCCCCCCCCCCCCCCCCCCCCCC(=O)OCC(COC(=O)CCCCCCCC)OC(=O)CCCCCCCCCCCCCCCCCCCCC. The van der Waals surface area contributed by atoms with Crippen LogP contribution in [-0.2, 0) is 28.6 Å². The molecule has 0 aromatic carbocycles. The van der Waals surface area contributed by atoms with Crippen molar-refractivity contribution in [3.05, 3.63) is 0 Å². The van der Waals surface area contributed by atoms with Gasteiger partial charge in [-0.15, -0.1) is 0 Å². The Morgan fingerprint density at radius 1 is 0.235 bits per heavy atom. The molecule has 6 nitrogen and oxygen atoms in total. The summed E-state index contributed by atoms with van der Waals surface area (Å²) in [7, 11) is 0. The third kappa shape index (κ3) is 55.3. The van der Waals surface area contributed by atoms with E-state index in [-0.39, 0.29) is 31.1 Å². The van der Waals surface area contributed by atoms with Crippen LogP contribution in [0.25, 0.3) is 0 Å². The summed E-state index contributed by atoms with van der Waals surface area (Å²) in [6, 6.07) is 0. The normalized spacial score (nSPS) is 11.9. The van der Waals surface area contributed by atoms with E-state index in [1.165, 1.54) is 263 Å². The Bertz CT molecular complexity index is 1010. The fourth-order valence-electron chi connectivity index (χ4n) is 9.68. The van der Waals surface area contributed by atoms with Gasteiger partial charge in [0.25, 0.3) is 0 Å². The van der Waals surface area contributed by atoms with Gasteiger partial charge < -0.3 is 14.2 Å². The average molecular weight is 962 g/mol. The Kier molecular flexibility index (Phi) is 56.6. The summed E-state index contributed by atoms with van der Waals surface area (Å²) in [5.41, 5.74) is 0. The van der Waals surface area contributed by atoms with Crippen molar-refractivity contribution in [3.63, 3.8) is 0 Å². The zero-order chi connectivity index (χ0) is 49.3. The largest absolute Gasteiger partial charge is 0.462 e. The minimum absolute atomic E-state index is 0.0620. The maximum Gasteiger partial charge on any atom is 0.306 e. The van der Waals surface area contributed by atoms with Crippen LogP contribution >= 0.6 is 0 Å². The molecule has 0 aromatic heterocycles. The monoisotopic (exact) mass is 961 g/mol. The van der Waals surface area contributed by atoms with Crippen LogP contribution < -0.4 is 0 Å². The molecule has 0 radical (unpaired) electrons. The molecule has 0 spiro atoms. The molecule has 1 unspecified atom stereocenters. The van der Waals surface area contributed by atoms with Crippen molar-refractivity contribution in [3.8, 4) is 0 Å². The summed E-state index contributed by atoms with van der Waals surface area (Å²) in [6.45, 7) is 6.66. The van der Waals surface area contributed by atoms with Gasteiger partial charge in [0.1, 0.15) is 13.2 Å². The van der Waals surface area contributed by atoms with Crippen LogP contribution in [0.3, 0.4) is 0 Å². The van der Waals surface area contributed by atoms with E-state index in [0.29, 0.717) is 19.3 Å². The van der Waals surface area contributed by atoms with Crippen LogP contribution in [0, 0.1) is 0 Å². The van der Waals surface area contributed by atoms with E-state index >= 15 is 0 Å². The maximum atomic E-state index is 12.8. The van der Waals surface area contributed by atoms with Crippen molar-refractivity contribution in [1.82, 2.24) is 0 Å². The Morgan fingerprint density at radius 3 is 0.588 bits per heavy atom. The molecular weight excluding hydrogens is 841 g/mol. The number of carbonyl (C=O) groups is 3. The quantitative estimate of drug-likeness (QED) is 0.0343. The molecule has 0 aliphatic carbocycles. The molecule has 0 aliphatic rings. The van der Waals surface area contributed by atoms with Crippen LogP contribution in [0.5, 0.6) is 0 Å². The number of hydrogen-bond acceptors (Lipinski definition) is 6. The third-order valence-corrected chi connectivity index (χ3v) is 14.4. The first-order chi connectivity index (χ1) is 33.5. The van der Waals surface area contributed by atoms with Crippen LogP contribution in [0.4, 0.5) is 0 Å². The second kappa shape index (κ2) is 58.0. The van der Waals surface area contributed by atoms with Crippen molar-refractivity contribution >= 4 is 17.9 Å². The van der Waals surface area contributed by atoms with E-state index < -0.39 is 6.10 Å². The Labute approximate surface area is 425 Å². The predicted octanol–water partition coefficient (Wildman–Crippen LogP) is 20.7. The van der Waals surface area contributed by atoms with Gasteiger partial charge in [0.2, 0.25) is 0 Å². The fraction of sp³-hybridized carbons (Fsp3) is 0.952. The van der Waals surface area contributed by atoms with Crippen LogP contribution in [0.2, 0.25) is 0 Å². The highest BCUT2D eigenvalue weighted by molar-refractivity contribution is 5.71. The topological polar surface area (TPSA) is 78.9 Å². The summed E-state index contributed by atoms with van der Waals surface area (Å²) >= 11 is 0. The fourth-order valence-corrected chi connectivity index (χ4v) is 9.68. The van der Waals surface area contributed by atoms with E-state index in [9.17, 15) is 14.4 Å². The van der Waals surface area contributed by atoms with Gasteiger partial charge >= 0.3 is 17.9 Å². The van der Waals surface area contributed by atoms with Gasteiger partial charge in [0, 0.05) is 19.3 Å². The lowest BCUT2D eigenvalue weighted by molar-refractivity contribution is -0.167. The lowest BCUT2D eigenvalue weighted by Gasteiger charge is -2.18. The Hall–Kier alpha value is -1.59. The summed E-state index contributed by atoms with van der Waals surface area (Å²) < 4.78 is 16.8. The average Bonchev–Trinajstić information content (AvgIpc) is 3.34. The highest BCUT2D eigenvalue weighted by Crippen LogP contribution is 2.18. The van der Waals surface area contributed by atoms with E-state index in [0.717, 1.165) is 57.8 Å². The summed E-state index contributed by atoms with van der Waals surface area (Å²) in [5, 5.41) is 0. The van der Waals surface area contributed by atoms with E-state index in [4.69, 9.17) is 14.2 Å². The molecule has 0 aliphatic heterocycles. The van der Waals surface area contributed by atoms with Gasteiger partial charge in [-0.25, -0.2) is 0 Å². The molecule has 0 fully saturated rings. The Balaban J connectivity index is 4.01. The van der Waals surface area contributed by atoms with Gasteiger partial charge in [0.15, 0.2) is 6.10 Å². The Morgan fingerprint density at radius 2 is 0.397 bits per heavy atom. The molecule has 404 valence electrons. The third-order valence-electron chi connectivity index (χ3n) is 14.4. The van der Waals surface area contributed by atoms with Crippen molar-refractivity contribution in [2.24, 2.45) is 0 Å². The first-order valence-electron chi connectivity index (χ1n) is 31.0. The van der Waals surface area contributed by atoms with Gasteiger partial charge in [0.05, 0.1) is 0 Å². The lowest BCUT2D eigenvalue weighted by atomic mass is 10.0. The predicted molar refractivity (Wildman–Crippen MR) is 294 cm³/mol. The highest BCUT2D eigenvalue weighted by Gasteiger charge is 2.19. The molecule has 0 rings (SSSR count). The van der Waals surface area contributed by atoms with Gasteiger partial charge in [-0.3, -0.25) is 14.4 Å². The summed E-state index contributed by atoms with van der Waals surface area (Å²) in [4.78, 5) is 37.9. The second-order valence-electron chi connectivity index (χ2n) is 21.3. The first-order valence-corrected chi connectivity index (χ1v) is 31.0. The summed E-state index contributed by atoms with van der Waals surface area (Å²) in [6.07, 6.45) is 65.8. The number of rotatable bonds is 58. The molecule has 0 saturated heterocycles. The molecular formula is C62H120O6. The number of esters is 3. The van der Waals surface area contributed by atoms with Gasteiger partial charge in [-0.2, -0.15) is 0 Å². The number of hydrogen-bond donors (Lipinski definition) is 0. The van der Waals surface area contributed by atoms with Crippen molar-refractivity contribution in [1.29, 1.82) is 0 Å². The number of ether oxygens (including phenoxy) is 3. The van der Waals surface area contributed by atoms with Crippen molar-refractivity contribution < 1.29 is 28.6 Å². The molecule has 6 heteroatoms. The second-order valence-corrected chi connectivity index (χ2v) is 21.3. The molecule has 68 heavy (non-hydrogen) atoms. The van der Waals surface area contributed by atoms with Crippen LogP contribution in [-0.4, -0.2) is 37.2 Å². The zero-order valence-electron chi connectivity index (χ0n) is 46.4. The molecule has 0 heterocycles. The number of unbranched alkanes of at least 4 members (excludes halogenated alkanes) is 47. The van der Waals surface area contributed by atoms with Crippen molar-refractivity contribution in [2.45, 2.75) is 367 Å². The molecule has 0 N–H and O–H groups in total. The standard InChI is InChI=1S/C62H120O6/c1-4-7-10-13-16-18-20-22-24-26-28-29-30-31-32-33-35-36-38-40-42-44-46-49-52-55-61(64)67-58-59(57-66-60(63)54-51-48-15-12-9-6-3)68-62(65)56-53-50-47-45-43-41-39-37-34-27-25-23-21-19-17-14-11-8-5-2/h59H,4-58H2,1-3H3. The molecule has 0 saturated carbocycles. The smallest absolute Gasteiger partial charge is 0.306 e. The highest BCUT2D eigenvalue weighted by atomic mass is 16.6. The molecule has 1 atom stereocenters. The zero-order valence-corrected chi connectivity index (χ0v) is 46.4. The first kappa shape index (κ1) is 66.4. The number of carbonyl (C=O) groups excluding carboxylic acids is 3. The summed E-state index contributed by atoms with van der Waals surface area (Å²) in [5.74, 6) is -0.843. The van der Waals surface area contributed by atoms with E-state index in [1.54, 1.807) is 0 Å². The molecule has 0 aromatic rings. The van der Waals surface area contributed by atoms with Crippen molar-refractivity contribution in [2.75, 3.05) is 13.2 Å². The van der Waals surface area contributed by atoms with Gasteiger partial charge in [-0.05, 0) is 19.3 Å². The van der Waals surface area contributed by atoms with E-state index in [1.807, 2.05) is 0 Å². The van der Waals surface area contributed by atoms with Crippen LogP contribution in [0.1, 0.15) is 361 Å².